The Hall–Kier alpha value is -3.65. The van der Waals surface area contributed by atoms with E-state index in [1.54, 1.807) is 4.52 Å². The molecule has 2 heterocycles. The van der Waals surface area contributed by atoms with Crippen LogP contribution in [0.1, 0.15) is 23.9 Å². The van der Waals surface area contributed by atoms with Crippen molar-refractivity contribution < 1.29 is 0 Å². The number of H-pyrrole nitrogens is 1. The highest BCUT2D eigenvalue weighted by molar-refractivity contribution is 5.74. The molecule has 1 N–H and O–H groups in total. The summed E-state index contributed by atoms with van der Waals surface area (Å²) < 4.78 is 1.62. The highest BCUT2D eigenvalue weighted by atomic mass is 16.1. The summed E-state index contributed by atoms with van der Waals surface area (Å²) in [5, 5.41) is 12.8. The van der Waals surface area contributed by atoms with Crippen molar-refractivity contribution in [2.75, 3.05) is 0 Å². The molecule has 0 aliphatic rings. The van der Waals surface area contributed by atoms with Crippen molar-refractivity contribution in [3.05, 3.63) is 81.8 Å². The molecule has 0 atom stereocenters. The van der Waals surface area contributed by atoms with Gasteiger partial charge in [0.15, 0.2) is 5.69 Å². The first kappa shape index (κ1) is 16.8. The van der Waals surface area contributed by atoms with Gasteiger partial charge in [0.25, 0.3) is 0 Å². The van der Waals surface area contributed by atoms with E-state index in [0.29, 0.717) is 11.3 Å². The van der Waals surface area contributed by atoms with Gasteiger partial charge in [-0.05, 0) is 24.5 Å². The number of fused-ring (bicyclic) bond motifs is 1. The highest BCUT2D eigenvalue weighted by Gasteiger charge is 2.20. The van der Waals surface area contributed by atoms with Crippen molar-refractivity contribution in [3.63, 3.8) is 0 Å². The smallest absolute Gasteiger partial charge is 0.232 e. The van der Waals surface area contributed by atoms with Crippen LogP contribution in [0.5, 0.6) is 0 Å². The van der Waals surface area contributed by atoms with Gasteiger partial charge < -0.3 is 0 Å². The van der Waals surface area contributed by atoms with Crippen LogP contribution in [0.15, 0.2) is 59.4 Å². The third-order valence-corrected chi connectivity index (χ3v) is 4.77. The minimum atomic E-state index is -0.186. The molecular formula is C22H18N4O. The Morgan fingerprint density at radius 2 is 1.78 bits per heavy atom. The lowest BCUT2D eigenvalue weighted by Crippen LogP contribution is -2.14. The summed E-state index contributed by atoms with van der Waals surface area (Å²) >= 11 is 0. The molecule has 4 aromatic rings. The number of aryl methyl sites for hydroxylation is 2. The fourth-order valence-corrected chi connectivity index (χ4v) is 3.38. The van der Waals surface area contributed by atoms with Crippen LogP contribution >= 0.6 is 0 Å². The highest BCUT2D eigenvalue weighted by Crippen LogP contribution is 2.26. The quantitative estimate of drug-likeness (QED) is 0.602. The zero-order chi connectivity index (χ0) is 19.0. The van der Waals surface area contributed by atoms with E-state index in [1.807, 2.05) is 61.5 Å². The second-order valence-electron chi connectivity index (χ2n) is 6.44. The maximum Gasteiger partial charge on any atom is 0.232 e. The Balaban J connectivity index is 2.01. The first-order valence-corrected chi connectivity index (χ1v) is 8.84. The van der Waals surface area contributed by atoms with Crippen LogP contribution in [0, 0.1) is 18.3 Å². The second kappa shape index (κ2) is 6.58. The number of hydrogen-bond acceptors (Lipinski definition) is 3. The number of hydrogen-bond donors (Lipinski definition) is 1. The summed E-state index contributed by atoms with van der Waals surface area (Å²) in [6.07, 6.45) is 0.945. The number of aromatic amines is 1. The van der Waals surface area contributed by atoms with Crippen LogP contribution in [-0.2, 0) is 6.42 Å². The molecular weight excluding hydrogens is 336 g/mol. The lowest BCUT2D eigenvalue weighted by Gasteiger charge is -2.09. The number of nitrogens with one attached hydrogen (secondary N) is 1. The molecule has 5 heteroatoms. The van der Waals surface area contributed by atoms with E-state index in [4.69, 9.17) is 0 Å². The van der Waals surface area contributed by atoms with Crippen molar-refractivity contribution >= 4 is 5.65 Å². The molecule has 27 heavy (non-hydrogen) atoms. The molecule has 0 aliphatic heterocycles. The topological polar surface area (TPSA) is 73.9 Å². The lowest BCUT2D eigenvalue weighted by atomic mass is 10.0. The Bertz CT molecular complexity index is 1230. The SMILES string of the molecule is CCc1ccc(-c2c(C)[nH]n3c(-c4ccccc4)c(C#N)nc3c2=O)cc1. The normalized spacial score (nSPS) is 10.9. The van der Waals surface area contributed by atoms with Gasteiger partial charge in [0.2, 0.25) is 11.1 Å². The van der Waals surface area contributed by atoms with Gasteiger partial charge in [0.1, 0.15) is 11.8 Å². The van der Waals surface area contributed by atoms with Crippen molar-refractivity contribution in [3.8, 4) is 28.5 Å². The maximum absolute atomic E-state index is 13.2. The zero-order valence-electron chi connectivity index (χ0n) is 15.2. The number of rotatable bonds is 3. The average Bonchev–Trinajstić information content (AvgIpc) is 3.08. The van der Waals surface area contributed by atoms with Gasteiger partial charge in [0.05, 0.1) is 5.56 Å². The van der Waals surface area contributed by atoms with Gasteiger partial charge in [-0.3, -0.25) is 9.89 Å². The van der Waals surface area contributed by atoms with Crippen LogP contribution in [0.3, 0.4) is 0 Å². The number of nitriles is 1. The third kappa shape index (κ3) is 2.72. The van der Waals surface area contributed by atoms with Gasteiger partial charge in [0, 0.05) is 11.3 Å². The van der Waals surface area contributed by atoms with Crippen LogP contribution in [0.2, 0.25) is 0 Å². The number of aromatic nitrogens is 3. The van der Waals surface area contributed by atoms with Crippen LogP contribution < -0.4 is 5.43 Å². The Kier molecular flexibility index (Phi) is 4.09. The van der Waals surface area contributed by atoms with Crippen molar-refractivity contribution in [1.82, 2.24) is 14.6 Å². The summed E-state index contributed by atoms with van der Waals surface area (Å²) in [5.41, 5.74) is 5.07. The molecule has 0 bridgehead atoms. The van der Waals surface area contributed by atoms with E-state index in [9.17, 15) is 10.1 Å². The molecule has 0 unspecified atom stereocenters. The van der Waals surface area contributed by atoms with E-state index >= 15 is 0 Å². The van der Waals surface area contributed by atoms with Crippen molar-refractivity contribution in [2.45, 2.75) is 20.3 Å². The Morgan fingerprint density at radius 3 is 2.41 bits per heavy atom. The molecule has 2 aromatic heterocycles. The van der Waals surface area contributed by atoms with Gasteiger partial charge in [-0.15, -0.1) is 0 Å². The Morgan fingerprint density at radius 1 is 1.07 bits per heavy atom. The first-order valence-electron chi connectivity index (χ1n) is 8.84. The number of nitrogens with zero attached hydrogens (tertiary/aromatic N) is 3. The summed E-state index contributed by atoms with van der Waals surface area (Å²) in [4.78, 5) is 17.5. The zero-order valence-corrected chi connectivity index (χ0v) is 15.2. The second-order valence-corrected chi connectivity index (χ2v) is 6.44. The van der Waals surface area contributed by atoms with Crippen LogP contribution in [0.4, 0.5) is 0 Å². The van der Waals surface area contributed by atoms with Crippen LogP contribution in [-0.4, -0.2) is 14.6 Å². The predicted octanol–water partition coefficient (Wildman–Crippen LogP) is 4.10. The monoisotopic (exact) mass is 354 g/mol. The molecule has 0 radical (unpaired) electrons. The Labute approximate surface area is 156 Å². The van der Waals surface area contributed by atoms with Gasteiger partial charge in [-0.25, -0.2) is 9.50 Å². The average molecular weight is 354 g/mol. The lowest BCUT2D eigenvalue weighted by molar-refractivity contribution is 0.902. The number of benzene rings is 2. The molecule has 0 fully saturated rings. The molecule has 0 spiro atoms. The van der Waals surface area contributed by atoms with E-state index in [2.05, 4.69) is 23.1 Å². The fourth-order valence-electron chi connectivity index (χ4n) is 3.38. The molecule has 5 nitrogen and oxygen atoms in total. The first-order chi connectivity index (χ1) is 13.1. The van der Waals surface area contributed by atoms with Crippen molar-refractivity contribution in [2.24, 2.45) is 0 Å². The van der Waals surface area contributed by atoms with E-state index < -0.39 is 0 Å². The maximum atomic E-state index is 13.2. The fraction of sp³-hybridized carbons (Fsp3) is 0.136. The standard InChI is InChI=1S/C22H18N4O/c1-3-15-9-11-16(12-10-15)19-14(2)25-26-20(17-7-5-4-6-8-17)18(13-23)24-22(26)21(19)27/h4-12,25H,3H2,1-2H3. The van der Waals surface area contributed by atoms with Crippen LogP contribution in [0.25, 0.3) is 28.0 Å². The summed E-state index contributed by atoms with van der Waals surface area (Å²) in [6.45, 7) is 3.96. The van der Waals surface area contributed by atoms with E-state index in [0.717, 1.165) is 23.2 Å². The summed E-state index contributed by atoms with van der Waals surface area (Å²) in [6, 6.07) is 19.6. The minimum Gasteiger partial charge on any atom is -0.296 e. The van der Waals surface area contributed by atoms with Gasteiger partial charge in [-0.2, -0.15) is 5.26 Å². The van der Waals surface area contributed by atoms with Gasteiger partial charge >= 0.3 is 0 Å². The largest absolute Gasteiger partial charge is 0.296 e. The molecule has 132 valence electrons. The third-order valence-electron chi connectivity index (χ3n) is 4.77. The molecule has 2 aromatic carbocycles. The molecule has 0 amide bonds. The van der Waals surface area contributed by atoms with Crippen molar-refractivity contribution in [1.29, 1.82) is 5.26 Å². The molecule has 0 saturated heterocycles. The number of imidazole rings is 1. The molecule has 0 saturated carbocycles. The summed E-state index contributed by atoms with van der Waals surface area (Å²) in [7, 11) is 0. The summed E-state index contributed by atoms with van der Waals surface area (Å²) in [5.74, 6) is 0. The molecule has 4 rings (SSSR count). The molecule has 0 aliphatic carbocycles. The van der Waals surface area contributed by atoms with E-state index in [1.165, 1.54) is 5.56 Å². The van der Waals surface area contributed by atoms with E-state index in [-0.39, 0.29) is 16.8 Å². The van der Waals surface area contributed by atoms with Gasteiger partial charge in [-0.1, -0.05) is 61.5 Å². The predicted molar refractivity (Wildman–Crippen MR) is 106 cm³/mol. The minimum absolute atomic E-state index is 0.186.